The molecule has 3 aromatic rings. The monoisotopic (exact) mass is 520 g/mol. The van der Waals surface area contributed by atoms with E-state index in [1.54, 1.807) is 39.5 Å². The van der Waals surface area contributed by atoms with Gasteiger partial charge in [0.1, 0.15) is 23.0 Å². The standard InChI is InChI=1S/C31H40N2O5/c1-19-13-24-25(31(4,5)12-11-30(24,2)3)15-20(19)14-21-9-10-26(38-21)29(34)33-32-18-23-27(36-7)16-22(35-6)17-28(23)37-8/h9-10,13,15-17,32H,11-12,14,18H2,1-8H3,(H,33,34). The van der Waals surface area contributed by atoms with E-state index in [9.17, 15) is 4.79 Å². The molecule has 0 unspecified atom stereocenters. The van der Waals surface area contributed by atoms with Crippen molar-refractivity contribution in [3.05, 3.63) is 75.7 Å². The third kappa shape index (κ3) is 5.53. The fraction of sp³-hybridized carbons (Fsp3) is 0.452. The van der Waals surface area contributed by atoms with Crippen molar-refractivity contribution >= 4 is 5.91 Å². The topological polar surface area (TPSA) is 82.0 Å². The molecule has 1 aliphatic rings. The maximum Gasteiger partial charge on any atom is 0.301 e. The van der Waals surface area contributed by atoms with Gasteiger partial charge >= 0.3 is 5.91 Å². The van der Waals surface area contributed by atoms with Gasteiger partial charge in [-0.25, -0.2) is 5.43 Å². The molecule has 1 amide bonds. The number of benzene rings is 2. The highest BCUT2D eigenvalue weighted by Gasteiger charge is 2.37. The van der Waals surface area contributed by atoms with Gasteiger partial charge in [0, 0.05) is 25.1 Å². The minimum atomic E-state index is -0.354. The van der Waals surface area contributed by atoms with Crippen molar-refractivity contribution in [2.24, 2.45) is 0 Å². The summed E-state index contributed by atoms with van der Waals surface area (Å²) in [6, 6.07) is 11.8. The minimum Gasteiger partial charge on any atom is -0.496 e. The summed E-state index contributed by atoms with van der Waals surface area (Å²) in [7, 11) is 4.73. The number of rotatable bonds is 9. The second-order valence-electron chi connectivity index (χ2n) is 11.4. The zero-order valence-electron chi connectivity index (χ0n) is 23.8. The van der Waals surface area contributed by atoms with Crippen molar-refractivity contribution in [1.82, 2.24) is 10.9 Å². The molecule has 1 aliphatic carbocycles. The molecule has 4 rings (SSSR count). The highest BCUT2D eigenvalue weighted by molar-refractivity contribution is 5.91. The van der Waals surface area contributed by atoms with Crippen LogP contribution in [0.5, 0.6) is 17.2 Å². The van der Waals surface area contributed by atoms with Gasteiger partial charge in [-0.3, -0.25) is 10.2 Å². The fourth-order valence-corrected chi connectivity index (χ4v) is 5.27. The number of hydrazine groups is 1. The van der Waals surface area contributed by atoms with Crippen LogP contribution in [0.2, 0.25) is 0 Å². The van der Waals surface area contributed by atoms with Crippen LogP contribution in [-0.2, 0) is 23.8 Å². The minimum absolute atomic E-state index is 0.141. The molecule has 2 aromatic carbocycles. The summed E-state index contributed by atoms with van der Waals surface area (Å²) in [6.07, 6.45) is 2.99. The van der Waals surface area contributed by atoms with Gasteiger partial charge in [-0.05, 0) is 65.0 Å². The van der Waals surface area contributed by atoms with Crippen molar-refractivity contribution in [1.29, 1.82) is 0 Å². The number of nitrogens with one attached hydrogen (secondary N) is 2. The van der Waals surface area contributed by atoms with Gasteiger partial charge in [-0.2, -0.15) is 0 Å². The van der Waals surface area contributed by atoms with Gasteiger partial charge in [0.15, 0.2) is 5.76 Å². The first-order valence-corrected chi connectivity index (χ1v) is 13.0. The summed E-state index contributed by atoms with van der Waals surface area (Å²) in [5.41, 5.74) is 12.1. The molecule has 0 bridgehead atoms. The molecular formula is C31H40N2O5. The van der Waals surface area contributed by atoms with Crippen LogP contribution in [0, 0.1) is 6.92 Å². The summed E-state index contributed by atoms with van der Waals surface area (Å²) < 4.78 is 22.2. The van der Waals surface area contributed by atoms with E-state index in [1.807, 2.05) is 6.07 Å². The Labute approximate surface area is 225 Å². The number of aryl methyl sites for hydroxylation is 1. The molecule has 0 spiro atoms. The highest BCUT2D eigenvalue weighted by atomic mass is 16.5. The second kappa shape index (κ2) is 10.7. The van der Waals surface area contributed by atoms with Crippen LogP contribution in [0.25, 0.3) is 0 Å². The third-order valence-electron chi connectivity index (χ3n) is 7.84. The smallest absolute Gasteiger partial charge is 0.301 e. The maximum atomic E-state index is 12.8. The first-order valence-electron chi connectivity index (χ1n) is 13.0. The van der Waals surface area contributed by atoms with Crippen LogP contribution in [0.3, 0.4) is 0 Å². The van der Waals surface area contributed by atoms with Crippen molar-refractivity contribution < 1.29 is 23.4 Å². The molecule has 38 heavy (non-hydrogen) atoms. The van der Waals surface area contributed by atoms with Crippen LogP contribution >= 0.6 is 0 Å². The largest absolute Gasteiger partial charge is 0.496 e. The van der Waals surface area contributed by atoms with Crippen molar-refractivity contribution in [3.63, 3.8) is 0 Å². The first kappa shape index (κ1) is 27.6. The zero-order chi connectivity index (χ0) is 27.7. The molecule has 0 saturated heterocycles. The number of fused-ring (bicyclic) bond motifs is 1. The van der Waals surface area contributed by atoms with E-state index in [0.717, 1.165) is 11.3 Å². The van der Waals surface area contributed by atoms with Crippen LogP contribution in [0.15, 0.2) is 40.8 Å². The Kier molecular flexibility index (Phi) is 7.79. The lowest BCUT2D eigenvalue weighted by Gasteiger charge is -2.42. The van der Waals surface area contributed by atoms with E-state index in [4.69, 9.17) is 18.6 Å². The summed E-state index contributed by atoms with van der Waals surface area (Å²) in [6.45, 7) is 11.8. The molecule has 0 atom stereocenters. The molecule has 204 valence electrons. The number of carbonyl (C=O) groups excluding carboxylic acids is 1. The molecule has 2 N–H and O–H groups in total. The first-order chi connectivity index (χ1) is 18.0. The predicted octanol–water partition coefficient (Wildman–Crippen LogP) is 5.99. The average Bonchev–Trinajstić information content (AvgIpc) is 3.36. The van der Waals surface area contributed by atoms with Crippen molar-refractivity contribution in [2.75, 3.05) is 21.3 Å². The SMILES string of the molecule is COc1cc(OC)c(CNNC(=O)c2ccc(Cc3cc4c(cc3C)C(C)(C)CCC4(C)C)o2)c(OC)c1. The van der Waals surface area contributed by atoms with E-state index < -0.39 is 0 Å². The summed E-state index contributed by atoms with van der Waals surface area (Å²) >= 11 is 0. The Bertz CT molecular complexity index is 1300. The van der Waals surface area contributed by atoms with E-state index in [0.29, 0.717) is 23.7 Å². The van der Waals surface area contributed by atoms with E-state index in [2.05, 4.69) is 57.6 Å². The lowest BCUT2D eigenvalue weighted by Crippen LogP contribution is -2.36. The van der Waals surface area contributed by atoms with E-state index >= 15 is 0 Å². The van der Waals surface area contributed by atoms with Gasteiger partial charge in [0.2, 0.25) is 0 Å². The fourth-order valence-electron chi connectivity index (χ4n) is 5.27. The van der Waals surface area contributed by atoms with Crippen LogP contribution in [0.4, 0.5) is 0 Å². The molecule has 0 radical (unpaired) electrons. The van der Waals surface area contributed by atoms with Gasteiger partial charge in [0.05, 0.1) is 26.9 Å². The van der Waals surface area contributed by atoms with Crippen LogP contribution < -0.4 is 25.1 Å². The number of carbonyl (C=O) groups is 1. The zero-order valence-corrected chi connectivity index (χ0v) is 23.8. The molecule has 7 heteroatoms. The van der Waals surface area contributed by atoms with E-state index in [-0.39, 0.29) is 29.0 Å². The predicted molar refractivity (Wildman–Crippen MR) is 148 cm³/mol. The highest BCUT2D eigenvalue weighted by Crippen LogP contribution is 2.46. The van der Waals surface area contributed by atoms with Crippen molar-refractivity contribution in [2.45, 2.75) is 71.3 Å². The lowest BCUT2D eigenvalue weighted by molar-refractivity contribution is 0.0902. The van der Waals surface area contributed by atoms with Crippen LogP contribution in [0.1, 0.15) is 84.7 Å². The third-order valence-corrected chi connectivity index (χ3v) is 7.84. The summed E-state index contributed by atoms with van der Waals surface area (Å²) in [4.78, 5) is 12.8. The molecule has 1 aromatic heterocycles. The maximum absolute atomic E-state index is 12.8. The Hall–Kier alpha value is -3.45. The van der Waals surface area contributed by atoms with E-state index in [1.165, 1.54) is 35.1 Å². The molecule has 1 heterocycles. The Morgan fingerprint density at radius 2 is 1.50 bits per heavy atom. The average molecular weight is 521 g/mol. The van der Waals surface area contributed by atoms with Crippen LogP contribution in [-0.4, -0.2) is 27.2 Å². The molecular weight excluding hydrogens is 480 g/mol. The Morgan fingerprint density at radius 1 is 0.895 bits per heavy atom. The number of furan rings is 1. The second-order valence-corrected chi connectivity index (χ2v) is 11.4. The molecule has 7 nitrogen and oxygen atoms in total. The van der Waals surface area contributed by atoms with Gasteiger partial charge in [-0.1, -0.05) is 39.8 Å². The normalized spacial score (nSPS) is 15.5. The Morgan fingerprint density at radius 3 is 2.08 bits per heavy atom. The lowest BCUT2D eigenvalue weighted by atomic mass is 9.62. The number of amides is 1. The molecule has 0 saturated carbocycles. The number of methoxy groups -OCH3 is 3. The van der Waals surface area contributed by atoms with Crippen molar-refractivity contribution in [3.8, 4) is 17.2 Å². The Balaban J connectivity index is 1.44. The molecule has 0 aliphatic heterocycles. The number of hydrogen-bond donors (Lipinski definition) is 2. The number of hydrogen-bond acceptors (Lipinski definition) is 6. The molecule has 0 fully saturated rings. The van der Waals surface area contributed by atoms with Gasteiger partial charge in [-0.15, -0.1) is 0 Å². The van der Waals surface area contributed by atoms with Gasteiger partial charge in [0.25, 0.3) is 0 Å². The van der Waals surface area contributed by atoms with Gasteiger partial charge < -0.3 is 18.6 Å². The summed E-state index contributed by atoms with van der Waals surface area (Å²) in [5.74, 6) is 2.46. The number of ether oxygens (including phenoxy) is 3. The quantitative estimate of drug-likeness (QED) is 0.338. The summed E-state index contributed by atoms with van der Waals surface area (Å²) in [5, 5.41) is 0.